The van der Waals surface area contributed by atoms with E-state index < -0.39 is 11.5 Å². The molecule has 21 heavy (non-hydrogen) atoms. The molecule has 4 heteroatoms. The largest absolute Gasteiger partial charge is 0.469 e. The van der Waals surface area contributed by atoms with Gasteiger partial charge >= 0.3 is 5.97 Å². The first-order valence-corrected chi connectivity index (χ1v) is 7.98. The molecule has 3 nitrogen and oxygen atoms in total. The first kappa shape index (κ1) is 16.3. The van der Waals surface area contributed by atoms with Gasteiger partial charge in [-0.3, -0.25) is 4.79 Å². The van der Waals surface area contributed by atoms with Crippen molar-refractivity contribution < 1.29 is 14.6 Å². The van der Waals surface area contributed by atoms with Crippen molar-refractivity contribution in [3.05, 3.63) is 34.9 Å². The third kappa shape index (κ3) is 3.41. The lowest BCUT2D eigenvalue weighted by atomic mass is 9.75. The standard InChI is InChI=1S/C17H23ClO3/c1-3-4-5-15(16(19)21-2)17(20,12-6-7-12)13-8-10-14(18)11-9-13/h8-12,15,20H,3-7H2,1-2H3. The van der Waals surface area contributed by atoms with Gasteiger partial charge in [0.05, 0.1) is 13.0 Å². The summed E-state index contributed by atoms with van der Waals surface area (Å²) in [5.74, 6) is -0.719. The number of methoxy groups -OCH3 is 1. The monoisotopic (exact) mass is 310 g/mol. The zero-order valence-corrected chi connectivity index (χ0v) is 13.4. The van der Waals surface area contributed by atoms with Gasteiger partial charge in [0.15, 0.2) is 0 Å². The molecule has 1 fully saturated rings. The number of carbonyl (C=O) groups is 1. The predicted molar refractivity (Wildman–Crippen MR) is 83.1 cm³/mol. The van der Waals surface area contributed by atoms with Gasteiger partial charge in [-0.15, -0.1) is 0 Å². The predicted octanol–water partition coefficient (Wildman–Crippen LogP) is 3.92. The van der Waals surface area contributed by atoms with Gasteiger partial charge in [-0.1, -0.05) is 43.5 Å². The van der Waals surface area contributed by atoms with Crippen LogP contribution in [-0.2, 0) is 15.1 Å². The van der Waals surface area contributed by atoms with Crippen LogP contribution in [0.2, 0.25) is 5.02 Å². The van der Waals surface area contributed by atoms with Gasteiger partial charge in [0.25, 0.3) is 0 Å². The Balaban J connectivity index is 2.37. The normalized spacial score (nSPS) is 18.9. The third-order valence-electron chi connectivity index (χ3n) is 4.37. The smallest absolute Gasteiger partial charge is 0.311 e. The Morgan fingerprint density at radius 2 is 2.05 bits per heavy atom. The summed E-state index contributed by atoms with van der Waals surface area (Å²) < 4.78 is 4.95. The van der Waals surface area contributed by atoms with Crippen molar-refractivity contribution in [2.75, 3.05) is 7.11 Å². The van der Waals surface area contributed by atoms with Crippen molar-refractivity contribution in [1.29, 1.82) is 0 Å². The van der Waals surface area contributed by atoms with Gasteiger partial charge in [0.2, 0.25) is 0 Å². The van der Waals surface area contributed by atoms with E-state index in [1.807, 2.05) is 12.1 Å². The number of carbonyl (C=O) groups excluding carboxylic acids is 1. The van der Waals surface area contributed by atoms with Gasteiger partial charge in [-0.25, -0.2) is 0 Å². The van der Waals surface area contributed by atoms with E-state index in [0.29, 0.717) is 11.4 Å². The quantitative estimate of drug-likeness (QED) is 0.777. The highest BCUT2D eigenvalue weighted by Crippen LogP contribution is 2.51. The molecule has 1 aromatic carbocycles. The van der Waals surface area contributed by atoms with E-state index in [4.69, 9.17) is 16.3 Å². The second kappa shape index (κ2) is 6.80. The molecule has 0 saturated heterocycles. The Kier molecular flexibility index (Phi) is 5.28. The van der Waals surface area contributed by atoms with Crippen LogP contribution in [0.1, 0.15) is 44.6 Å². The Hall–Kier alpha value is -1.06. The third-order valence-corrected chi connectivity index (χ3v) is 4.62. The summed E-state index contributed by atoms with van der Waals surface area (Å²) in [7, 11) is 1.39. The van der Waals surface area contributed by atoms with Crippen molar-refractivity contribution in [2.24, 2.45) is 11.8 Å². The number of esters is 1. The second-order valence-corrected chi connectivity index (χ2v) is 6.26. The Morgan fingerprint density at radius 1 is 1.43 bits per heavy atom. The first-order chi connectivity index (χ1) is 10.0. The molecule has 0 aromatic heterocycles. The van der Waals surface area contributed by atoms with Gasteiger partial charge in [0, 0.05) is 5.02 Å². The highest BCUT2D eigenvalue weighted by molar-refractivity contribution is 6.30. The molecule has 0 spiro atoms. The second-order valence-electron chi connectivity index (χ2n) is 5.82. The average molecular weight is 311 g/mol. The van der Waals surface area contributed by atoms with Gasteiger partial charge in [-0.05, 0) is 42.9 Å². The molecule has 0 amide bonds. The van der Waals surface area contributed by atoms with Crippen molar-refractivity contribution in [1.82, 2.24) is 0 Å². The van der Waals surface area contributed by atoms with Crippen LogP contribution in [0.3, 0.4) is 0 Å². The number of aliphatic hydroxyl groups is 1. The van der Waals surface area contributed by atoms with E-state index in [1.165, 1.54) is 7.11 Å². The molecule has 1 aliphatic rings. The molecule has 1 aromatic rings. The number of unbranched alkanes of at least 4 members (excludes halogenated alkanes) is 1. The van der Waals surface area contributed by atoms with Crippen LogP contribution >= 0.6 is 11.6 Å². The van der Waals surface area contributed by atoms with Crippen LogP contribution in [0, 0.1) is 11.8 Å². The number of hydrogen-bond donors (Lipinski definition) is 1. The Bertz CT molecular complexity index is 481. The maximum Gasteiger partial charge on any atom is 0.311 e. The molecule has 1 saturated carbocycles. The van der Waals surface area contributed by atoms with Crippen LogP contribution in [0.25, 0.3) is 0 Å². The van der Waals surface area contributed by atoms with E-state index in [1.54, 1.807) is 12.1 Å². The van der Waals surface area contributed by atoms with Crippen LogP contribution < -0.4 is 0 Å². The average Bonchev–Trinajstić information content (AvgIpc) is 3.32. The van der Waals surface area contributed by atoms with Crippen molar-refractivity contribution >= 4 is 17.6 Å². The van der Waals surface area contributed by atoms with Crippen LogP contribution in [0.5, 0.6) is 0 Å². The van der Waals surface area contributed by atoms with Crippen molar-refractivity contribution in [3.8, 4) is 0 Å². The van der Waals surface area contributed by atoms with E-state index in [0.717, 1.165) is 31.2 Å². The fraction of sp³-hybridized carbons (Fsp3) is 0.588. The van der Waals surface area contributed by atoms with E-state index in [-0.39, 0.29) is 11.9 Å². The summed E-state index contributed by atoms with van der Waals surface area (Å²) in [6.07, 6.45) is 4.40. The zero-order chi connectivity index (χ0) is 15.5. The van der Waals surface area contributed by atoms with E-state index >= 15 is 0 Å². The molecule has 116 valence electrons. The highest BCUT2D eigenvalue weighted by atomic mass is 35.5. The number of halogens is 1. The fourth-order valence-corrected chi connectivity index (χ4v) is 3.16. The molecule has 0 heterocycles. The summed E-state index contributed by atoms with van der Waals surface area (Å²) in [5, 5.41) is 12.0. The number of rotatable bonds is 7. The molecule has 1 aliphatic carbocycles. The minimum atomic E-state index is -1.15. The molecule has 2 rings (SSSR count). The fourth-order valence-electron chi connectivity index (χ4n) is 3.03. The molecule has 2 atom stereocenters. The number of ether oxygens (including phenoxy) is 1. The molecular weight excluding hydrogens is 288 g/mol. The lowest BCUT2D eigenvalue weighted by Gasteiger charge is -2.35. The van der Waals surface area contributed by atoms with E-state index in [2.05, 4.69) is 6.92 Å². The highest BCUT2D eigenvalue weighted by Gasteiger charge is 2.53. The molecular formula is C17H23ClO3. The van der Waals surface area contributed by atoms with Crippen LogP contribution in [-0.4, -0.2) is 18.2 Å². The number of benzene rings is 1. The molecule has 2 unspecified atom stereocenters. The maximum absolute atomic E-state index is 12.2. The van der Waals surface area contributed by atoms with Crippen molar-refractivity contribution in [3.63, 3.8) is 0 Å². The van der Waals surface area contributed by atoms with Gasteiger partial charge in [-0.2, -0.15) is 0 Å². The zero-order valence-electron chi connectivity index (χ0n) is 12.6. The minimum absolute atomic E-state index is 0.125. The number of hydrogen-bond acceptors (Lipinski definition) is 3. The van der Waals surface area contributed by atoms with Crippen molar-refractivity contribution in [2.45, 2.75) is 44.6 Å². The van der Waals surface area contributed by atoms with Crippen LogP contribution in [0.4, 0.5) is 0 Å². The maximum atomic E-state index is 12.2. The summed E-state index contributed by atoms with van der Waals surface area (Å²) in [5.41, 5.74) is -0.381. The SMILES string of the molecule is CCCCC(C(=O)OC)C(O)(c1ccc(Cl)cc1)C1CC1. The van der Waals surface area contributed by atoms with E-state index in [9.17, 15) is 9.90 Å². The summed E-state index contributed by atoms with van der Waals surface area (Å²) >= 11 is 5.94. The lowest BCUT2D eigenvalue weighted by molar-refractivity contribution is -0.160. The summed E-state index contributed by atoms with van der Waals surface area (Å²) in [6, 6.07) is 7.17. The molecule has 0 bridgehead atoms. The van der Waals surface area contributed by atoms with Gasteiger partial charge < -0.3 is 9.84 Å². The molecule has 0 radical (unpaired) electrons. The topological polar surface area (TPSA) is 46.5 Å². The molecule has 0 aliphatic heterocycles. The Morgan fingerprint density at radius 3 is 2.52 bits per heavy atom. The summed E-state index contributed by atoms with van der Waals surface area (Å²) in [6.45, 7) is 2.08. The van der Waals surface area contributed by atoms with Crippen LogP contribution in [0.15, 0.2) is 24.3 Å². The Labute approximate surface area is 131 Å². The molecule has 1 N–H and O–H groups in total. The first-order valence-electron chi connectivity index (χ1n) is 7.60. The van der Waals surface area contributed by atoms with Gasteiger partial charge in [0.1, 0.15) is 5.60 Å². The minimum Gasteiger partial charge on any atom is -0.469 e. The lowest BCUT2D eigenvalue weighted by Crippen LogP contribution is -2.42. The summed E-state index contributed by atoms with van der Waals surface area (Å²) in [4.78, 5) is 12.2.